The number of hydrogen-bond acceptors (Lipinski definition) is 7. The summed E-state index contributed by atoms with van der Waals surface area (Å²) in [5.74, 6) is 0.411. The van der Waals surface area contributed by atoms with Crippen LogP contribution in [0.1, 0.15) is 5.56 Å². The molecule has 1 N–H and O–H groups in total. The van der Waals surface area contributed by atoms with Crippen molar-refractivity contribution < 1.29 is 14.3 Å². The van der Waals surface area contributed by atoms with Crippen LogP contribution >= 0.6 is 0 Å². The monoisotopic (exact) mass is 351 g/mol. The summed E-state index contributed by atoms with van der Waals surface area (Å²) in [5, 5.41) is 29.6. The summed E-state index contributed by atoms with van der Waals surface area (Å²) in [5.41, 5.74) is 0.901. The average Bonchev–Trinajstić information content (AvgIpc) is 2.68. The van der Waals surface area contributed by atoms with Crippen molar-refractivity contribution in [2.45, 2.75) is 6.92 Å². The first-order valence-corrected chi connectivity index (χ1v) is 7.89. The van der Waals surface area contributed by atoms with Crippen molar-refractivity contribution in [3.63, 3.8) is 0 Å². The minimum atomic E-state index is -0.289. The van der Waals surface area contributed by atoms with Gasteiger partial charge in [-0.1, -0.05) is 0 Å². The molecule has 8 nitrogen and oxygen atoms in total. The molecule has 8 heteroatoms. The van der Waals surface area contributed by atoms with Gasteiger partial charge in [0, 0.05) is 18.8 Å². The topological polar surface area (TPSA) is 122 Å². The molecule has 1 heterocycles. The first kappa shape index (κ1) is 18.8. The minimum absolute atomic E-state index is 0.0669. The first-order valence-electron chi connectivity index (χ1n) is 7.89. The molecule has 1 aliphatic heterocycles. The second-order valence-corrected chi connectivity index (χ2v) is 5.47. The predicted octanol–water partition coefficient (Wildman–Crippen LogP) is 1.47. The molecule has 0 radical (unpaired) electrons. The Morgan fingerprint density at radius 3 is 2.50 bits per heavy atom. The molecule has 2 rings (SSSR count). The van der Waals surface area contributed by atoms with E-state index in [9.17, 15) is 4.79 Å². The maximum absolute atomic E-state index is 12.1. The Hall–Kier alpha value is -3.54. The molecule has 132 valence electrons. The smallest absolute Gasteiger partial charge is 0.260 e. The van der Waals surface area contributed by atoms with Gasteiger partial charge in [-0.3, -0.25) is 4.79 Å². The van der Waals surface area contributed by atoms with Gasteiger partial charge in [0.2, 0.25) is 0 Å². The van der Waals surface area contributed by atoms with Gasteiger partial charge in [0.25, 0.3) is 5.91 Å². The summed E-state index contributed by atoms with van der Waals surface area (Å²) in [6.45, 7) is 3.91. The van der Waals surface area contributed by atoms with Crippen LogP contribution in [0.2, 0.25) is 0 Å². The van der Waals surface area contributed by atoms with E-state index >= 15 is 0 Å². The number of benzene rings is 1. The third-order valence-electron chi connectivity index (χ3n) is 3.77. The molecule has 26 heavy (non-hydrogen) atoms. The summed E-state index contributed by atoms with van der Waals surface area (Å²) in [7, 11) is 0. The largest absolute Gasteiger partial charge is 0.484 e. The summed E-state index contributed by atoms with van der Waals surface area (Å²) in [6, 6.07) is 10.2. The summed E-state index contributed by atoms with van der Waals surface area (Å²) < 4.78 is 10.7. The number of allylic oxidation sites excluding steroid dienone is 2. The lowest BCUT2D eigenvalue weighted by atomic mass is 10.1. The zero-order valence-electron chi connectivity index (χ0n) is 14.3. The van der Waals surface area contributed by atoms with Gasteiger partial charge >= 0.3 is 0 Å². The number of nitrogens with zero attached hydrogens (tertiary/aromatic N) is 4. The van der Waals surface area contributed by atoms with E-state index < -0.39 is 0 Å². The van der Waals surface area contributed by atoms with Gasteiger partial charge in [-0.05, 0) is 30.7 Å². The van der Waals surface area contributed by atoms with Crippen LogP contribution in [0, 0.1) is 40.9 Å². The Morgan fingerprint density at radius 1 is 1.23 bits per heavy atom. The summed E-state index contributed by atoms with van der Waals surface area (Å²) in [6.07, 6.45) is 0. The van der Waals surface area contributed by atoms with E-state index in [1.807, 2.05) is 0 Å². The molecule has 0 unspecified atom stereocenters. The SMILES string of the molecule is Cc1cc(OCC(=O)N2CCOCC2)ccc1NC(C#N)=C(C#N)C#N. The standard InChI is InChI=1S/C18H17N5O3/c1-13-8-15(26-12-18(24)23-4-6-25-7-5-23)2-3-16(13)22-17(11-21)14(9-19)10-20/h2-3,8,22H,4-7,12H2,1H3. The highest BCUT2D eigenvalue weighted by Crippen LogP contribution is 2.23. The van der Waals surface area contributed by atoms with Crippen molar-refractivity contribution in [2.24, 2.45) is 0 Å². The lowest BCUT2D eigenvalue weighted by Gasteiger charge is -2.26. The maximum atomic E-state index is 12.1. The Labute approximate surface area is 151 Å². The van der Waals surface area contributed by atoms with Crippen LogP contribution in [0.5, 0.6) is 5.75 Å². The Morgan fingerprint density at radius 2 is 1.92 bits per heavy atom. The fraction of sp³-hybridized carbons (Fsp3) is 0.333. The molecule has 0 saturated carbocycles. The third-order valence-corrected chi connectivity index (χ3v) is 3.77. The predicted molar refractivity (Wildman–Crippen MR) is 91.6 cm³/mol. The van der Waals surface area contributed by atoms with Crippen molar-refractivity contribution >= 4 is 11.6 Å². The van der Waals surface area contributed by atoms with E-state index in [-0.39, 0.29) is 23.8 Å². The van der Waals surface area contributed by atoms with Gasteiger partial charge in [0.1, 0.15) is 29.7 Å². The highest BCUT2D eigenvalue weighted by Gasteiger charge is 2.17. The highest BCUT2D eigenvalue weighted by atomic mass is 16.5. The molecule has 0 bridgehead atoms. The molecule has 0 aromatic heterocycles. The van der Waals surface area contributed by atoms with Gasteiger partial charge in [-0.15, -0.1) is 0 Å². The summed E-state index contributed by atoms with van der Waals surface area (Å²) >= 11 is 0. The molecule has 1 amide bonds. The molecule has 0 spiro atoms. The molecular weight excluding hydrogens is 334 g/mol. The number of hydrogen-bond donors (Lipinski definition) is 1. The van der Waals surface area contributed by atoms with Crippen LogP contribution in [-0.2, 0) is 9.53 Å². The van der Waals surface area contributed by atoms with Crippen LogP contribution in [0.4, 0.5) is 5.69 Å². The lowest BCUT2D eigenvalue weighted by Crippen LogP contribution is -2.42. The van der Waals surface area contributed by atoms with Crippen molar-refractivity contribution in [1.82, 2.24) is 4.90 Å². The van der Waals surface area contributed by atoms with Crippen LogP contribution in [0.3, 0.4) is 0 Å². The number of carbonyl (C=O) groups is 1. The van der Waals surface area contributed by atoms with Crippen LogP contribution in [-0.4, -0.2) is 43.7 Å². The zero-order chi connectivity index (χ0) is 18.9. The number of nitriles is 3. The molecule has 0 atom stereocenters. The van der Waals surface area contributed by atoms with E-state index in [2.05, 4.69) is 5.32 Å². The fourth-order valence-corrected chi connectivity index (χ4v) is 2.33. The van der Waals surface area contributed by atoms with Crippen molar-refractivity contribution in [3.05, 3.63) is 35.0 Å². The van der Waals surface area contributed by atoms with Gasteiger partial charge < -0.3 is 19.7 Å². The Kier molecular flexibility index (Phi) is 6.56. The second kappa shape index (κ2) is 9.08. The quantitative estimate of drug-likeness (QED) is 0.797. The Bertz CT molecular complexity index is 820. The molecule has 1 aromatic carbocycles. The van der Waals surface area contributed by atoms with E-state index in [1.54, 1.807) is 48.2 Å². The van der Waals surface area contributed by atoms with Gasteiger partial charge in [0.15, 0.2) is 12.2 Å². The third kappa shape index (κ3) is 4.73. The minimum Gasteiger partial charge on any atom is -0.484 e. The van der Waals surface area contributed by atoms with Crippen molar-refractivity contribution in [1.29, 1.82) is 15.8 Å². The Balaban J connectivity index is 2.02. The number of rotatable bonds is 5. The average molecular weight is 351 g/mol. The number of amides is 1. The normalized spacial score (nSPS) is 12.9. The number of aryl methyl sites for hydroxylation is 1. The highest BCUT2D eigenvalue weighted by molar-refractivity contribution is 5.78. The van der Waals surface area contributed by atoms with Crippen LogP contribution in [0.15, 0.2) is 29.5 Å². The van der Waals surface area contributed by atoms with Crippen LogP contribution < -0.4 is 10.1 Å². The number of nitrogens with one attached hydrogen (secondary N) is 1. The van der Waals surface area contributed by atoms with E-state index in [1.165, 1.54) is 0 Å². The molecule has 1 fully saturated rings. The zero-order valence-corrected chi connectivity index (χ0v) is 14.3. The molecular formula is C18H17N5O3. The van der Waals surface area contributed by atoms with Crippen molar-refractivity contribution in [2.75, 3.05) is 38.2 Å². The number of ether oxygens (including phenoxy) is 2. The lowest BCUT2D eigenvalue weighted by molar-refractivity contribution is -0.137. The van der Waals surface area contributed by atoms with Gasteiger partial charge in [-0.2, -0.15) is 15.8 Å². The molecule has 0 aliphatic carbocycles. The maximum Gasteiger partial charge on any atom is 0.260 e. The van der Waals surface area contributed by atoms with Crippen molar-refractivity contribution in [3.8, 4) is 24.0 Å². The summed E-state index contributed by atoms with van der Waals surface area (Å²) in [4.78, 5) is 13.8. The first-order chi connectivity index (χ1) is 12.6. The second-order valence-electron chi connectivity index (χ2n) is 5.47. The van der Waals surface area contributed by atoms with E-state index in [0.29, 0.717) is 37.7 Å². The van der Waals surface area contributed by atoms with E-state index in [4.69, 9.17) is 25.3 Å². The van der Waals surface area contributed by atoms with Crippen LogP contribution in [0.25, 0.3) is 0 Å². The molecule has 1 aromatic rings. The number of anilines is 1. The number of morpholine rings is 1. The molecule has 1 saturated heterocycles. The number of carbonyl (C=O) groups excluding carboxylic acids is 1. The fourth-order valence-electron chi connectivity index (χ4n) is 2.33. The molecule has 1 aliphatic rings. The van der Waals surface area contributed by atoms with Gasteiger partial charge in [-0.25, -0.2) is 0 Å². The van der Waals surface area contributed by atoms with E-state index in [0.717, 1.165) is 5.56 Å². The van der Waals surface area contributed by atoms with Gasteiger partial charge in [0.05, 0.1) is 13.2 Å².